The minimum atomic E-state index is -2.40. The Balaban J connectivity index is 1.33. The molecule has 0 radical (unpaired) electrons. The number of ether oxygens (including phenoxy) is 1. The van der Waals surface area contributed by atoms with Gasteiger partial charge in [-0.25, -0.2) is 0 Å². The summed E-state index contributed by atoms with van der Waals surface area (Å²) in [4.78, 5) is 38.9. The fourth-order valence-electron chi connectivity index (χ4n) is 5.93. The fraction of sp³-hybridized carbons (Fsp3) is 0.333. The third-order valence-electron chi connectivity index (χ3n) is 8.00. The molecule has 12 heteroatoms. The highest BCUT2D eigenvalue weighted by atomic mass is 35.5. The van der Waals surface area contributed by atoms with Gasteiger partial charge in [-0.15, -0.1) is 10.2 Å². The Bertz CT molecular complexity index is 1690. The maximum absolute atomic E-state index is 13.4. The van der Waals surface area contributed by atoms with Crippen LogP contribution in [0, 0.1) is 6.92 Å². The van der Waals surface area contributed by atoms with Gasteiger partial charge in [-0.05, 0) is 80.6 Å². The van der Waals surface area contributed by atoms with E-state index in [-0.39, 0.29) is 37.4 Å². The molecule has 0 bridgehead atoms. The second kappa shape index (κ2) is 13.5. The Morgan fingerprint density at radius 1 is 1.02 bits per heavy atom. The maximum atomic E-state index is 13.4. The van der Waals surface area contributed by atoms with Crippen LogP contribution in [0.4, 0.5) is 0 Å². The molecule has 4 aromatic rings. The van der Waals surface area contributed by atoms with Crippen LogP contribution in [0.2, 0.25) is 18.1 Å². The third kappa shape index (κ3) is 7.28. The van der Waals surface area contributed by atoms with Crippen molar-refractivity contribution in [3.05, 3.63) is 106 Å². The van der Waals surface area contributed by atoms with Gasteiger partial charge < -0.3 is 20.2 Å². The number of rotatable bonds is 10. The molecule has 0 saturated heterocycles. The van der Waals surface area contributed by atoms with Crippen LogP contribution in [0.3, 0.4) is 0 Å². The van der Waals surface area contributed by atoms with Crippen LogP contribution in [0.15, 0.2) is 66.7 Å². The topological polar surface area (TPSA) is 122 Å². The Morgan fingerprint density at radius 2 is 1.73 bits per heavy atom. The molecular weight excluding hydrogens is 608 g/mol. The van der Waals surface area contributed by atoms with Crippen LogP contribution < -0.4 is 15.4 Å². The van der Waals surface area contributed by atoms with Gasteiger partial charge in [-0.1, -0.05) is 41.9 Å². The molecule has 1 aliphatic heterocycles. The number of carbonyl (C=O) groups excluding carboxylic acids is 2. The summed E-state index contributed by atoms with van der Waals surface area (Å²) in [6.45, 7) is 6.11. The lowest BCUT2D eigenvalue weighted by Crippen LogP contribution is -2.38. The van der Waals surface area contributed by atoms with E-state index in [1.807, 2.05) is 92.3 Å². The molecule has 1 unspecified atom stereocenters. The van der Waals surface area contributed by atoms with E-state index in [0.29, 0.717) is 28.3 Å². The normalized spacial score (nSPS) is 16.3. The van der Waals surface area contributed by atoms with Crippen LogP contribution in [-0.2, 0) is 10.8 Å². The van der Waals surface area contributed by atoms with E-state index >= 15 is 0 Å². The molecular formula is C33H39ClN6O4Si. The zero-order valence-electron chi connectivity index (χ0n) is 26.2. The van der Waals surface area contributed by atoms with Crippen molar-refractivity contribution in [2.45, 2.75) is 44.6 Å². The van der Waals surface area contributed by atoms with Crippen LogP contribution in [0.5, 0.6) is 5.75 Å². The molecule has 45 heavy (non-hydrogen) atoms. The Hall–Kier alpha value is -4.03. The van der Waals surface area contributed by atoms with E-state index < -0.39 is 14.4 Å². The van der Waals surface area contributed by atoms with Crippen molar-refractivity contribution in [1.29, 1.82) is 0 Å². The van der Waals surface area contributed by atoms with Gasteiger partial charge in [0.15, 0.2) is 14.1 Å². The number of nitrogens with zero attached hydrogens (tertiary/aromatic N) is 4. The summed E-state index contributed by atoms with van der Waals surface area (Å²) in [6, 6.07) is 20.8. The standard InChI is InChI=1S/C33H39ClN6O4Si/c1-21-37-38-32-29(19-30(41)35-16-17-36-33(42)26-9-7-6-8-23(26)20-45(4,5)43)39(2)31(22-10-12-24(34)13-11-22)27-18-25(44-3)14-15-28(27)40(21)32/h6-15,18,29,31,43H,16-17,19-20H2,1-5H3,(H,35,41)(H,36,42)/t29-,31?/m0/s1. The number of fused-ring (bicyclic) bond motifs is 3. The maximum Gasteiger partial charge on any atom is 0.251 e. The molecule has 3 N–H and O–H groups in total. The summed E-state index contributed by atoms with van der Waals surface area (Å²) < 4.78 is 7.60. The summed E-state index contributed by atoms with van der Waals surface area (Å²) >= 11 is 6.25. The summed E-state index contributed by atoms with van der Waals surface area (Å²) in [5.41, 5.74) is 4.27. The van der Waals surface area contributed by atoms with Crippen molar-refractivity contribution in [3.8, 4) is 11.4 Å². The largest absolute Gasteiger partial charge is 0.497 e. The van der Waals surface area contributed by atoms with E-state index in [0.717, 1.165) is 28.1 Å². The van der Waals surface area contributed by atoms with Crippen LogP contribution >= 0.6 is 11.6 Å². The van der Waals surface area contributed by atoms with Gasteiger partial charge in [0, 0.05) is 35.7 Å². The average molecular weight is 647 g/mol. The molecule has 2 amide bonds. The molecule has 5 rings (SSSR count). The molecule has 1 aromatic heterocycles. The molecule has 2 atom stereocenters. The quantitative estimate of drug-likeness (QED) is 0.171. The molecule has 0 spiro atoms. The van der Waals surface area contributed by atoms with Gasteiger partial charge in [-0.3, -0.25) is 19.1 Å². The monoisotopic (exact) mass is 646 g/mol. The second-order valence-electron chi connectivity index (χ2n) is 12.0. The van der Waals surface area contributed by atoms with Crippen molar-refractivity contribution in [3.63, 3.8) is 0 Å². The molecule has 0 fully saturated rings. The van der Waals surface area contributed by atoms with E-state index in [1.54, 1.807) is 13.2 Å². The van der Waals surface area contributed by atoms with E-state index in [1.165, 1.54) is 0 Å². The first-order valence-electron chi connectivity index (χ1n) is 14.9. The zero-order chi connectivity index (χ0) is 32.3. The Morgan fingerprint density at radius 3 is 2.44 bits per heavy atom. The molecule has 10 nitrogen and oxygen atoms in total. The number of methoxy groups -OCH3 is 1. The van der Waals surface area contributed by atoms with E-state index in [4.69, 9.17) is 16.3 Å². The minimum absolute atomic E-state index is 0.122. The van der Waals surface area contributed by atoms with Crippen molar-refractivity contribution < 1.29 is 19.1 Å². The highest BCUT2D eigenvalue weighted by Crippen LogP contribution is 2.43. The van der Waals surface area contributed by atoms with Crippen molar-refractivity contribution in [2.24, 2.45) is 0 Å². The second-order valence-corrected chi connectivity index (χ2v) is 16.4. The van der Waals surface area contributed by atoms with Crippen molar-refractivity contribution >= 4 is 31.7 Å². The van der Waals surface area contributed by atoms with E-state index in [2.05, 4.69) is 25.7 Å². The number of aromatic nitrogens is 3. The smallest absolute Gasteiger partial charge is 0.251 e. The number of hydrogen-bond acceptors (Lipinski definition) is 7. The van der Waals surface area contributed by atoms with Gasteiger partial charge in [0.1, 0.15) is 11.6 Å². The van der Waals surface area contributed by atoms with Gasteiger partial charge in [-0.2, -0.15) is 0 Å². The summed E-state index contributed by atoms with van der Waals surface area (Å²) in [5, 5.41) is 15.4. The molecule has 0 saturated carbocycles. The lowest BCUT2D eigenvalue weighted by Gasteiger charge is -2.33. The lowest BCUT2D eigenvalue weighted by atomic mass is 9.94. The molecule has 2 heterocycles. The van der Waals surface area contributed by atoms with Gasteiger partial charge in [0.25, 0.3) is 5.91 Å². The molecule has 0 aliphatic carbocycles. The van der Waals surface area contributed by atoms with Crippen molar-refractivity contribution in [1.82, 2.24) is 30.3 Å². The van der Waals surface area contributed by atoms with Crippen LogP contribution in [0.25, 0.3) is 5.69 Å². The first kappa shape index (κ1) is 32.4. The minimum Gasteiger partial charge on any atom is -0.497 e. The number of aryl methyl sites for hydroxylation is 1. The number of nitrogens with one attached hydrogen (secondary N) is 2. The number of amides is 2. The number of halogens is 1. The Labute approximate surface area is 269 Å². The number of benzene rings is 3. The molecule has 236 valence electrons. The summed E-state index contributed by atoms with van der Waals surface area (Å²) in [6.07, 6.45) is 0.122. The van der Waals surface area contributed by atoms with Crippen LogP contribution in [-0.4, -0.2) is 71.8 Å². The third-order valence-corrected chi connectivity index (χ3v) is 9.50. The first-order chi connectivity index (χ1) is 21.5. The fourth-order valence-corrected chi connectivity index (χ4v) is 7.30. The molecule has 3 aromatic carbocycles. The van der Waals surface area contributed by atoms with Crippen LogP contribution in [0.1, 0.15) is 57.2 Å². The van der Waals surface area contributed by atoms with Gasteiger partial charge >= 0.3 is 0 Å². The summed E-state index contributed by atoms with van der Waals surface area (Å²) in [5.74, 6) is 1.68. The van der Waals surface area contributed by atoms with E-state index in [9.17, 15) is 14.4 Å². The number of carbonyl (C=O) groups is 2. The lowest BCUT2D eigenvalue weighted by molar-refractivity contribution is -0.122. The zero-order valence-corrected chi connectivity index (χ0v) is 27.9. The SMILES string of the molecule is COc1ccc2c(c1)C(c1ccc(Cl)cc1)N(C)[C@@H](CC(=O)NCCNC(=O)c1ccccc1C[Si](C)(C)O)c1nnc(C)n1-2. The van der Waals surface area contributed by atoms with Crippen molar-refractivity contribution in [2.75, 3.05) is 27.2 Å². The summed E-state index contributed by atoms with van der Waals surface area (Å²) in [7, 11) is 1.22. The van der Waals surface area contributed by atoms with Gasteiger partial charge in [0.2, 0.25) is 5.91 Å². The van der Waals surface area contributed by atoms with Gasteiger partial charge in [0.05, 0.1) is 24.9 Å². The number of hydrogen-bond donors (Lipinski definition) is 3. The highest BCUT2D eigenvalue weighted by molar-refractivity contribution is 6.69. The highest BCUT2D eigenvalue weighted by Gasteiger charge is 2.37. The average Bonchev–Trinajstić information content (AvgIpc) is 3.34. The first-order valence-corrected chi connectivity index (χ1v) is 18.4. The Kier molecular flexibility index (Phi) is 9.73. The predicted molar refractivity (Wildman–Crippen MR) is 176 cm³/mol. The predicted octanol–water partition coefficient (Wildman–Crippen LogP) is 4.53. The molecule has 1 aliphatic rings.